The average Bonchev–Trinajstić information content (AvgIpc) is 3.22. The molecule has 1 N–H and O–H groups in total. The maximum atomic E-state index is 14.5. The van der Waals surface area contributed by atoms with Crippen molar-refractivity contribution in [2.24, 2.45) is 46.8 Å². The second-order valence-electron chi connectivity index (χ2n) is 16.9. The SMILES string of the molecule is CC1CCC2[C@H](C)CC[C@H]3C(C)C(OCCCCCN(C)CC4=C(C(F)(F)F)OC5O[C@@H](C)CCC6C(C)CCC4C56C)OC(O1)[C@@]23O. The predicted octanol–water partition coefficient (Wildman–Crippen LogP) is 8.06. The van der Waals surface area contributed by atoms with Crippen LogP contribution in [0, 0.1) is 46.8 Å². The molecule has 10 unspecified atom stereocenters. The van der Waals surface area contributed by atoms with E-state index in [1.807, 2.05) is 18.9 Å². The zero-order chi connectivity index (χ0) is 34.6. The van der Waals surface area contributed by atoms with E-state index < -0.39 is 41.8 Å². The van der Waals surface area contributed by atoms with Crippen LogP contribution in [0.1, 0.15) is 112 Å². The van der Waals surface area contributed by atoms with Gasteiger partial charge in [0.1, 0.15) is 5.60 Å². The monoisotopic (exact) mass is 685 g/mol. The normalized spacial score (nSPS) is 46.3. The lowest BCUT2D eigenvalue weighted by molar-refractivity contribution is -0.382. The van der Waals surface area contributed by atoms with Crippen molar-refractivity contribution in [3.8, 4) is 0 Å². The molecule has 0 aromatic heterocycles. The summed E-state index contributed by atoms with van der Waals surface area (Å²) in [6, 6.07) is 0. The molecule has 14 atom stereocenters. The molecule has 4 heterocycles. The van der Waals surface area contributed by atoms with Crippen molar-refractivity contribution in [2.75, 3.05) is 26.7 Å². The van der Waals surface area contributed by atoms with E-state index in [4.69, 9.17) is 23.7 Å². The number of unbranched alkanes of at least 4 members (excludes halogenated alkanes) is 2. The summed E-state index contributed by atoms with van der Waals surface area (Å²) in [6.45, 7) is 14.2. The zero-order valence-corrected chi connectivity index (χ0v) is 30.4. The third-order valence-corrected chi connectivity index (χ3v) is 13.7. The Morgan fingerprint density at radius 3 is 2.12 bits per heavy atom. The molecular weight excluding hydrogens is 623 g/mol. The van der Waals surface area contributed by atoms with E-state index in [9.17, 15) is 18.3 Å². The van der Waals surface area contributed by atoms with E-state index in [1.165, 1.54) is 0 Å². The molecule has 48 heavy (non-hydrogen) atoms. The summed E-state index contributed by atoms with van der Waals surface area (Å²) < 4.78 is 74.6. The number of hydrogen-bond acceptors (Lipinski definition) is 7. The zero-order valence-electron chi connectivity index (χ0n) is 30.4. The van der Waals surface area contributed by atoms with Gasteiger partial charge >= 0.3 is 6.18 Å². The Hall–Kier alpha value is -0.910. The van der Waals surface area contributed by atoms with Crippen LogP contribution in [0.4, 0.5) is 13.2 Å². The molecular formula is C38H62F3NO6. The maximum Gasteiger partial charge on any atom is 0.449 e. The van der Waals surface area contributed by atoms with Gasteiger partial charge in [-0.3, -0.25) is 0 Å². The van der Waals surface area contributed by atoms with E-state index in [0.29, 0.717) is 30.6 Å². The fraction of sp³-hybridized carbons (Fsp3) is 0.947. The molecule has 7 nitrogen and oxygen atoms in total. The topological polar surface area (TPSA) is 69.6 Å². The Morgan fingerprint density at radius 1 is 0.792 bits per heavy atom. The molecule has 0 aromatic carbocycles. The molecule has 2 saturated carbocycles. The first-order valence-corrected chi connectivity index (χ1v) is 19.1. The van der Waals surface area contributed by atoms with Crippen LogP contribution in [0.15, 0.2) is 11.3 Å². The Balaban J connectivity index is 1.03. The third kappa shape index (κ3) is 6.73. The molecule has 0 amide bonds. The molecule has 0 aromatic rings. The molecule has 3 saturated heterocycles. The van der Waals surface area contributed by atoms with Crippen molar-refractivity contribution < 1.29 is 42.0 Å². The van der Waals surface area contributed by atoms with Gasteiger partial charge in [-0.2, -0.15) is 13.2 Å². The van der Waals surface area contributed by atoms with Crippen molar-refractivity contribution >= 4 is 0 Å². The van der Waals surface area contributed by atoms with Gasteiger partial charge in [0.25, 0.3) is 0 Å². The highest BCUT2D eigenvalue weighted by molar-refractivity contribution is 5.26. The van der Waals surface area contributed by atoms with Gasteiger partial charge < -0.3 is 33.7 Å². The first-order chi connectivity index (χ1) is 22.6. The highest BCUT2D eigenvalue weighted by Gasteiger charge is 2.63. The molecule has 4 aliphatic heterocycles. The van der Waals surface area contributed by atoms with E-state index in [1.54, 1.807) is 0 Å². The van der Waals surface area contributed by atoms with Crippen LogP contribution in [0.5, 0.6) is 0 Å². The molecule has 6 aliphatic rings. The Labute approximate surface area is 286 Å². The smallest absolute Gasteiger partial charge is 0.449 e. The standard InChI is InChI=1S/C38H62F3NO6/c1-22-12-16-31-27(32(38(39,40)41)47-34-36(31,6)28(22)17-13-24(3)45-34)21-42(7)19-9-8-10-20-44-33-26(5)30-15-11-23(2)29-18-14-25(4)46-35(48-33)37(29,30)43/h22-26,28-31,33-35,43H,8-21H2,1-7H3/t22?,23-,24+,25?,26?,28?,29?,30+,31?,33?,34?,35?,36?,37-/m1/s1. The lowest BCUT2D eigenvalue weighted by Gasteiger charge is -2.57. The number of alkyl halides is 3. The van der Waals surface area contributed by atoms with Crippen LogP contribution in [0.2, 0.25) is 0 Å². The number of rotatable bonds is 9. The molecule has 5 fully saturated rings. The molecule has 0 bridgehead atoms. The minimum absolute atomic E-state index is 0.0308. The van der Waals surface area contributed by atoms with E-state index in [0.717, 1.165) is 70.6 Å². The average molecular weight is 686 g/mol. The van der Waals surface area contributed by atoms with Gasteiger partial charge in [-0.05, 0) is 133 Å². The third-order valence-electron chi connectivity index (χ3n) is 13.7. The fourth-order valence-electron chi connectivity index (χ4n) is 11.0. The Bertz CT molecular complexity index is 1150. The molecule has 276 valence electrons. The summed E-state index contributed by atoms with van der Waals surface area (Å²) in [4.78, 5) is 2.03. The van der Waals surface area contributed by atoms with Gasteiger partial charge in [-0.25, -0.2) is 0 Å². The quantitative estimate of drug-likeness (QED) is 0.246. The first kappa shape index (κ1) is 36.9. The lowest BCUT2D eigenvalue weighted by Crippen LogP contribution is -2.66. The number of halogens is 3. The van der Waals surface area contributed by atoms with Crippen LogP contribution < -0.4 is 0 Å². The van der Waals surface area contributed by atoms with Crippen molar-refractivity contribution in [1.82, 2.24) is 4.90 Å². The summed E-state index contributed by atoms with van der Waals surface area (Å²) in [5.41, 5.74) is -1.05. The number of nitrogens with zero attached hydrogens (tertiary/aromatic N) is 1. The Kier molecular flexibility index (Phi) is 10.9. The highest BCUT2D eigenvalue weighted by Crippen LogP contribution is 2.61. The second kappa shape index (κ2) is 14.3. The maximum absolute atomic E-state index is 14.5. The summed E-state index contributed by atoms with van der Waals surface area (Å²) in [5.74, 6) is 0.412. The fourth-order valence-corrected chi connectivity index (χ4v) is 11.0. The number of aliphatic hydroxyl groups is 1. The van der Waals surface area contributed by atoms with Crippen LogP contribution in [0.25, 0.3) is 0 Å². The Morgan fingerprint density at radius 2 is 1.42 bits per heavy atom. The second-order valence-corrected chi connectivity index (χ2v) is 16.9. The number of likely N-dealkylation sites (N-methyl/N-ethyl adjacent to an activating group) is 1. The molecule has 0 spiro atoms. The van der Waals surface area contributed by atoms with Crippen molar-refractivity contribution in [2.45, 2.75) is 155 Å². The van der Waals surface area contributed by atoms with Crippen molar-refractivity contribution in [3.63, 3.8) is 0 Å². The minimum Gasteiger partial charge on any atom is -0.459 e. The molecule has 0 radical (unpaired) electrons. The number of ether oxygens (including phenoxy) is 5. The highest BCUT2D eigenvalue weighted by atomic mass is 19.4. The van der Waals surface area contributed by atoms with Gasteiger partial charge in [0.15, 0.2) is 12.6 Å². The van der Waals surface area contributed by atoms with Gasteiger partial charge in [0.05, 0.1) is 12.2 Å². The van der Waals surface area contributed by atoms with Crippen molar-refractivity contribution in [1.29, 1.82) is 0 Å². The predicted molar refractivity (Wildman–Crippen MR) is 176 cm³/mol. The van der Waals surface area contributed by atoms with Gasteiger partial charge in [0.2, 0.25) is 12.0 Å². The van der Waals surface area contributed by atoms with Crippen LogP contribution in [0.3, 0.4) is 0 Å². The summed E-state index contributed by atoms with van der Waals surface area (Å²) >= 11 is 0. The number of hydrogen-bond donors (Lipinski definition) is 1. The van der Waals surface area contributed by atoms with E-state index >= 15 is 0 Å². The summed E-state index contributed by atoms with van der Waals surface area (Å²) in [6.07, 6.45) is 3.35. The van der Waals surface area contributed by atoms with Gasteiger partial charge in [-0.1, -0.05) is 27.7 Å². The minimum atomic E-state index is -4.56. The summed E-state index contributed by atoms with van der Waals surface area (Å²) in [7, 11) is 1.92. The molecule has 10 heteroatoms. The van der Waals surface area contributed by atoms with Crippen molar-refractivity contribution in [3.05, 3.63) is 11.3 Å². The van der Waals surface area contributed by atoms with Gasteiger partial charge in [0, 0.05) is 30.4 Å². The van der Waals surface area contributed by atoms with Crippen LogP contribution >= 0.6 is 0 Å². The molecule has 6 rings (SSSR count). The van der Waals surface area contributed by atoms with Crippen LogP contribution in [-0.4, -0.2) is 79.6 Å². The van der Waals surface area contributed by atoms with Crippen LogP contribution in [-0.2, 0) is 23.7 Å². The van der Waals surface area contributed by atoms with Gasteiger partial charge in [-0.15, -0.1) is 0 Å². The number of allylic oxidation sites excluding steroid dienone is 1. The molecule has 2 aliphatic carbocycles. The first-order valence-electron chi connectivity index (χ1n) is 19.1. The van der Waals surface area contributed by atoms with E-state index in [-0.39, 0.29) is 48.3 Å². The lowest BCUT2D eigenvalue weighted by atomic mass is 9.53. The summed E-state index contributed by atoms with van der Waals surface area (Å²) in [5, 5.41) is 12.1. The van der Waals surface area contributed by atoms with E-state index in [2.05, 4.69) is 34.6 Å². The largest absolute Gasteiger partial charge is 0.459 e.